The molecule has 2 aliphatic rings. The average molecular weight is 327 g/mol. The summed E-state index contributed by atoms with van der Waals surface area (Å²) in [6.45, 7) is 2.43. The topological polar surface area (TPSA) is 66.0 Å². The van der Waals surface area contributed by atoms with Gasteiger partial charge in [0.05, 0.1) is 0 Å². The van der Waals surface area contributed by atoms with Crippen LogP contribution in [0.25, 0.3) is 0 Å². The zero-order chi connectivity index (χ0) is 16.5. The van der Waals surface area contributed by atoms with E-state index in [1.165, 1.54) is 0 Å². The first-order valence-corrected chi connectivity index (χ1v) is 7.79. The molecule has 0 bridgehead atoms. The second-order valence-electron chi connectivity index (χ2n) is 5.71. The zero-order valence-corrected chi connectivity index (χ0v) is 13.2. The Labute approximate surface area is 139 Å². The van der Waals surface area contributed by atoms with Gasteiger partial charge < -0.3 is 24.3 Å². The van der Waals surface area contributed by atoms with Crippen LogP contribution in [0.2, 0.25) is 0 Å². The first-order valence-electron chi connectivity index (χ1n) is 7.79. The fourth-order valence-electron chi connectivity index (χ4n) is 2.75. The van der Waals surface area contributed by atoms with Gasteiger partial charge in [-0.2, -0.15) is 0 Å². The molecule has 0 saturated carbocycles. The van der Waals surface area contributed by atoms with Gasteiger partial charge in [-0.15, -0.1) is 0 Å². The van der Waals surface area contributed by atoms with Gasteiger partial charge in [-0.1, -0.05) is 18.2 Å². The van der Waals surface area contributed by atoms with Crippen molar-refractivity contribution in [3.05, 3.63) is 48.0 Å². The Balaban J connectivity index is 1.41. The van der Waals surface area contributed by atoms with E-state index in [1.807, 2.05) is 43.3 Å². The Morgan fingerprint density at radius 3 is 2.62 bits per heavy atom. The fraction of sp³-hybridized carbons (Fsp3) is 0.278. The van der Waals surface area contributed by atoms with Crippen LogP contribution in [0.1, 0.15) is 12.5 Å². The van der Waals surface area contributed by atoms with E-state index >= 15 is 0 Å². The number of fused-ring (bicyclic) bond motifs is 2. The first-order chi connectivity index (χ1) is 11.7. The third-order valence-electron chi connectivity index (χ3n) is 4.00. The van der Waals surface area contributed by atoms with Crippen LogP contribution in [0, 0.1) is 0 Å². The molecule has 2 aliphatic heterocycles. The van der Waals surface area contributed by atoms with E-state index < -0.39 is 6.10 Å². The molecule has 4 rings (SSSR count). The highest BCUT2D eigenvalue weighted by atomic mass is 16.7. The lowest BCUT2D eigenvalue weighted by Crippen LogP contribution is -2.48. The van der Waals surface area contributed by atoms with E-state index in [1.54, 1.807) is 6.07 Å². The first kappa shape index (κ1) is 14.7. The van der Waals surface area contributed by atoms with Crippen LogP contribution in [0.15, 0.2) is 42.5 Å². The van der Waals surface area contributed by atoms with E-state index in [9.17, 15) is 4.79 Å². The van der Waals surface area contributed by atoms with Gasteiger partial charge in [-0.3, -0.25) is 4.79 Å². The van der Waals surface area contributed by atoms with Crippen LogP contribution >= 0.6 is 0 Å². The monoisotopic (exact) mass is 327 g/mol. The third-order valence-corrected chi connectivity index (χ3v) is 4.00. The summed E-state index contributed by atoms with van der Waals surface area (Å²) in [5, 5.41) is 2.88. The molecule has 0 saturated heterocycles. The molecule has 0 fully saturated rings. The van der Waals surface area contributed by atoms with Gasteiger partial charge in [0.1, 0.15) is 6.10 Å². The second kappa shape index (κ2) is 5.96. The number of amides is 1. The molecule has 0 radical (unpaired) electrons. The minimum Gasteiger partial charge on any atom is -0.482 e. The summed E-state index contributed by atoms with van der Waals surface area (Å²) >= 11 is 0. The average Bonchev–Trinajstić information content (AvgIpc) is 3.06. The number of hydrogen-bond donors (Lipinski definition) is 1. The van der Waals surface area contributed by atoms with Crippen molar-refractivity contribution in [1.29, 1.82) is 0 Å². The van der Waals surface area contributed by atoms with Crippen molar-refractivity contribution in [1.82, 2.24) is 5.32 Å². The molecule has 6 heteroatoms. The maximum atomic E-state index is 12.5. The Bertz CT molecular complexity index is 776. The summed E-state index contributed by atoms with van der Waals surface area (Å²) in [5.41, 5.74) is 0.928. The lowest BCUT2D eigenvalue weighted by Gasteiger charge is -2.31. The van der Waals surface area contributed by atoms with E-state index in [0.717, 1.165) is 11.3 Å². The van der Waals surface area contributed by atoms with Gasteiger partial charge in [0.2, 0.25) is 12.9 Å². The van der Waals surface area contributed by atoms with Crippen LogP contribution in [0.5, 0.6) is 23.0 Å². The summed E-state index contributed by atoms with van der Waals surface area (Å²) in [6, 6.07) is 12.9. The minimum absolute atomic E-state index is 0.213. The summed E-state index contributed by atoms with van der Waals surface area (Å²) < 4.78 is 22.2. The fourth-order valence-corrected chi connectivity index (χ4v) is 2.75. The summed E-state index contributed by atoms with van der Waals surface area (Å²) in [5.74, 6) is 2.44. The smallest absolute Gasteiger partial charge is 0.265 e. The number of rotatable bonds is 3. The van der Waals surface area contributed by atoms with Gasteiger partial charge in [-0.05, 0) is 36.8 Å². The predicted octanol–water partition coefficient (Wildman–Crippen LogP) is 2.26. The predicted molar refractivity (Wildman–Crippen MR) is 85.4 cm³/mol. The van der Waals surface area contributed by atoms with Crippen LogP contribution in [-0.2, 0) is 11.3 Å². The molecule has 1 N–H and O–H groups in total. The van der Waals surface area contributed by atoms with Gasteiger partial charge in [0.15, 0.2) is 23.0 Å². The van der Waals surface area contributed by atoms with Crippen LogP contribution in [-0.4, -0.2) is 24.9 Å². The standard InChI is InChI=1S/C18H17NO5/c1-11-17(24-15-5-3-2-4-14(15)23-11)18(20)19-9-12-6-7-13-16(8-12)22-10-21-13/h2-8,11,17H,9-10H2,1H3,(H,19,20)/t11-,17-/m1/s1. The van der Waals surface area contributed by atoms with E-state index in [4.69, 9.17) is 18.9 Å². The lowest BCUT2D eigenvalue weighted by molar-refractivity contribution is -0.133. The SMILES string of the molecule is C[C@H]1Oc2ccccc2O[C@H]1C(=O)NCc1ccc2c(c1)OCO2. The Kier molecular flexibility index (Phi) is 3.65. The number of carbonyl (C=O) groups is 1. The molecule has 0 spiro atoms. The van der Waals surface area contributed by atoms with Gasteiger partial charge in [0, 0.05) is 6.54 Å². The number of nitrogens with one attached hydrogen (secondary N) is 1. The molecule has 24 heavy (non-hydrogen) atoms. The van der Waals surface area contributed by atoms with E-state index in [-0.39, 0.29) is 18.8 Å². The van der Waals surface area contributed by atoms with Crippen LogP contribution in [0.3, 0.4) is 0 Å². The molecule has 2 aromatic carbocycles. The summed E-state index contributed by atoms with van der Waals surface area (Å²) in [4.78, 5) is 12.5. The highest BCUT2D eigenvalue weighted by Gasteiger charge is 2.33. The molecule has 124 valence electrons. The van der Waals surface area contributed by atoms with E-state index in [0.29, 0.717) is 23.8 Å². The molecule has 6 nitrogen and oxygen atoms in total. The maximum Gasteiger partial charge on any atom is 0.265 e. The zero-order valence-electron chi connectivity index (χ0n) is 13.2. The Hall–Kier alpha value is -2.89. The number of hydrogen-bond acceptors (Lipinski definition) is 5. The van der Waals surface area contributed by atoms with Crippen molar-refractivity contribution in [3.8, 4) is 23.0 Å². The molecule has 0 aromatic heterocycles. The normalized spacial score (nSPS) is 20.5. The molecule has 2 heterocycles. The van der Waals surface area contributed by atoms with Gasteiger partial charge in [-0.25, -0.2) is 0 Å². The third kappa shape index (κ3) is 2.71. The van der Waals surface area contributed by atoms with Gasteiger partial charge >= 0.3 is 0 Å². The van der Waals surface area contributed by atoms with Crippen molar-refractivity contribution >= 4 is 5.91 Å². The molecule has 0 unspecified atom stereocenters. The minimum atomic E-state index is -0.686. The van der Waals surface area contributed by atoms with Crippen molar-refractivity contribution < 1.29 is 23.7 Å². The van der Waals surface area contributed by atoms with Crippen LogP contribution < -0.4 is 24.3 Å². The quantitative estimate of drug-likeness (QED) is 0.937. The molecular weight excluding hydrogens is 310 g/mol. The largest absolute Gasteiger partial charge is 0.482 e. The number of para-hydroxylation sites is 2. The molecule has 1 amide bonds. The summed E-state index contributed by atoms with van der Waals surface area (Å²) in [6.07, 6.45) is -1.05. The molecule has 0 aliphatic carbocycles. The molecule has 2 atom stereocenters. The Morgan fingerprint density at radius 2 is 1.79 bits per heavy atom. The number of benzene rings is 2. The van der Waals surface area contributed by atoms with Crippen molar-refractivity contribution in [2.75, 3.05) is 6.79 Å². The molecular formula is C18H17NO5. The van der Waals surface area contributed by atoms with Crippen molar-refractivity contribution in [2.45, 2.75) is 25.7 Å². The van der Waals surface area contributed by atoms with Crippen LogP contribution in [0.4, 0.5) is 0 Å². The number of ether oxygens (including phenoxy) is 4. The van der Waals surface area contributed by atoms with Gasteiger partial charge in [0.25, 0.3) is 5.91 Å². The Morgan fingerprint density at radius 1 is 1.04 bits per heavy atom. The highest BCUT2D eigenvalue weighted by molar-refractivity contribution is 5.82. The summed E-state index contributed by atoms with van der Waals surface area (Å²) in [7, 11) is 0. The second-order valence-corrected chi connectivity index (χ2v) is 5.71. The molecule has 2 aromatic rings. The number of carbonyl (C=O) groups excluding carboxylic acids is 1. The van der Waals surface area contributed by atoms with Crippen molar-refractivity contribution in [3.63, 3.8) is 0 Å². The highest BCUT2D eigenvalue weighted by Crippen LogP contribution is 2.34. The maximum absolute atomic E-state index is 12.5. The van der Waals surface area contributed by atoms with E-state index in [2.05, 4.69) is 5.32 Å². The van der Waals surface area contributed by atoms with Crippen molar-refractivity contribution in [2.24, 2.45) is 0 Å². The lowest BCUT2D eigenvalue weighted by atomic mass is 10.1.